The Morgan fingerprint density at radius 2 is 2.04 bits per heavy atom. The molecule has 0 bridgehead atoms. The quantitative estimate of drug-likeness (QED) is 0.738. The topological polar surface area (TPSA) is 30.9 Å². The molecule has 3 fully saturated rings. The molecule has 0 spiro atoms. The monoisotopic (exact) mass is 363 g/mol. The van der Waals surface area contributed by atoms with Crippen molar-refractivity contribution in [1.29, 1.82) is 0 Å². The van der Waals surface area contributed by atoms with Crippen LogP contribution in [0, 0.1) is 11.7 Å². The van der Waals surface area contributed by atoms with E-state index in [0.29, 0.717) is 24.4 Å². The fraction of sp³-hybridized carbons (Fsp3) is 0.714. The molecule has 5 heteroatoms. The average Bonchev–Trinajstić information content (AvgIpc) is 3.43. The molecule has 144 valence electrons. The molecule has 2 saturated carbocycles. The third-order valence-electron chi connectivity index (χ3n) is 6.55. The van der Waals surface area contributed by atoms with Gasteiger partial charge in [-0.25, -0.2) is 4.39 Å². The third-order valence-corrected chi connectivity index (χ3v) is 6.55. The number of benzene rings is 1. The third kappa shape index (κ3) is 3.62. The molecule has 1 heterocycles. The number of methoxy groups -OCH3 is 2. The highest BCUT2D eigenvalue weighted by Crippen LogP contribution is 2.44. The van der Waals surface area contributed by atoms with Crippen LogP contribution in [0.25, 0.3) is 0 Å². The van der Waals surface area contributed by atoms with Gasteiger partial charge < -0.3 is 14.2 Å². The molecule has 2 aliphatic carbocycles. The minimum Gasteiger partial charge on any atom is -0.497 e. The largest absolute Gasteiger partial charge is 0.497 e. The highest BCUT2D eigenvalue weighted by molar-refractivity contribution is 5.29. The number of likely N-dealkylation sites (tertiary alicyclic amines) is 1. The van der Waals surface area contributed by atoms with E-state index in [1.807, 2.05) is 19.2 Å². The Morgan fingerprint density at radius 1 is 1.19 bits per heavy atom. The second kappa shape index (κ2) is 7.45. The fourth-order valence-corrected chi connectivity index (χ4v) is 4.66. The Labute approximate surface area is 155 Å². The van der Waals surface area contributed by atoms with E-state index in [4.69, 9.17) is 14.2 Å². The molecular formula is C21H30FNO3. The van der Waals surface area contributed by atoms with Crippen molar-refractivity contribution >= 4 is 0 Å². The molecule has 1 saturated heterocycles. The second-order valence-corrected chi connectivity index (χ2v) is 8.14. The average molecular weight is 363 g/mol. The zero-order valence-corrected chi connectivity index (χ0v) is 15.9. The number of hydrogen-bond acceptors (Lipinski definition) is 4. The second-order valence-electron chi connectivity index (χ2n) is 8.14. The van der Waals surface area contributed by atoms with Crippen LogP contribution in [0.1, 0.15) is 44.1 Å². The van der Waals surface area contributed by atoms with E-state index in [0.717, 1.165) is 50.3 Å². The van der Waals surface area contributed by atoms with Crippen LogP contribution in [-0.2, 0) is 16.0 Å². The summed E-state index contributed by atoms with van der Waals surface area (Å²) in [6.45, 7) is 2.46. The predicted octanol–water partition coefficient (Wildman–Crippen LogP) is 3.77. The van der Waals surface area contributed by atoms with Gasteiger partial charge in [0, 0.05) is 44.5 Å². The maximum atomic E-state index is 14.4. The van der Waals surface area contributed by atoms with Crippen molar-refractivity contribution in [2.45, 2.75) is 62.8 Å². The van der Waals surface area contributed by atoms with E-state index >= 15 is 0 Å². The molecule has 0 unspecified atom stereocenters. The first-order valence-electron chi connectivity index (χ1n) is 9.87. The maximum Gasteiger partial charge on any atom is 0.131 e. The van der Waals surface area contributed by atoms with Gasteiger partial charge in [-0.15, -0.1) is 0 Å². The van der Waals surface area contributed by atoms with Crippen molar-refractivity contribution in [3.8, 4) is 5.75 Å². The summed E-state index contributed by atoms with van der Waals surface area (Å²) in [7, 11) is 3.39. The predicted molar refractivity (Wildman–Crippen MR) is 97.8 cm³/mol. The van der Waals surface area contributed by atoms with Crippen molar-refractivity contribution in [3.63, 3.8) is 0 Å². The molecule has 4 rings (SSSR count). The Kier molecular flexibility index (Phi) is 5.22. The summed E-state index contributed by atoms with van der Waals surface area (Å²) in [5.74, 6) is 1.15. The minimum absolute atomic E-state index is 0.0949. The molecular weight excluding hydrogens is 333 g/mol. The van der Waals surface area contributed by atoms with Crippen LogP contribution in [0.4, 0.5) is 4.39 Å². The van der Waals surface area contributed by atoms with E-state index < -0.39 is 0 Å². The Balaban J connectivity index is 1.45. The van der Waals surface area contributed by atoms with Gasteiger partial charge in [-0.05, 0) is 50.5 Å². The highest BCUT2D eigenvalue weighted by atomic mass is 19.1. The smallest absolute Gasteiger partial charge is 0.131 e. The summed E-state index contributed by atoms with van der Waals surface area (Å²) in [5.41, 5.74) is 0.626. The summed E-state index contributed by atoms with van der Waals surface area (Å²) >= 11 is 0. The van der Waals surface area contributed by atoms with E-state index in [9.17, 15) is 4.39 Å². The van der Waals surface area contributed by atoms with Crippen molar-refractivity contribution in [3.05, 3.63) is 29.6 Å². The summed E-state index contributed by atoms with van der Waals surface area (Å²) in [6, 6.07) is 5.44. The lowest BCUT2D eigenvalue weighted by atomic mass is 9.79. The first-order valence-corrected chi connectivity index (χ1v) is 9.87. The van der Waals surface area contributed by atoms with Gasteiger partial charge in [-0.3, -0.25) is 4.90 Å². The van der Waals surface area contributed by atoms with Gasteiger partial charge in [0.15, 0.2) is 0 Å². The number of ether oxygens (including phenoxy) is 3. The Morgan fingerprint density at radius 3 is 2.73 bits per heavy atom. The van der Waals surface area contributed by atoms with E-state index in [2.05, 4.69) is 4.90 Å². The van der Waals surface area contributed by atoms with Crippen LogP contribution >= 0.6 is 0 Å². The fourth-order valence-electron chi connectivity index (χ4n) is 4.66. The summed E-state index contributed by atoms with van der Waals surface area (Å²) in [5, 5.41) is 0. The molecule has 0 amide bonds. The van der Waals surface area contributed by atoms with Gasteiger partial charge in [-0.1, -0.05) is 6.07 Å². The standard InChI is InChI=1S/C21H30FNO3/c1-24-17-6-5-16(19(22)11-17)13-23-10-9-21(25-2)8-7-18(12-20(21)23)26-14-15-3-4-15/h5-6,11,15,18,20H,3-4,7-10,12-14H2,1-2H3/t18-,20-,21+/m0/s1. The van der Waals surface area contributed by atoms with Crippen molar-refractivity contribution in [2.75, 3.05) is 27.4 Å². The van der Waals surface area contributed by atoms with Crippen LogP contribution in [0.3, 0.4) is 0 Å². The molecule has 26 heavy (non-hydrogen) atoms. The van der Waals surface area contributed by atoms with Crippen LogP contribution in [0.2, 0.25) is 0 Å². The van der Waals surface area contributed by atoms with Crippen molar-refractivity contribution in [2.24, 2.45) is 5.92 Å². The number of rotatable bonds is 7. The van der Waals surface area contributed by atoms with Crippen LogP contribution in [0.5, 0.6) is 5.75 Å². The summed E-state index contributed by atoms with van der Waals surface area (Å²) in [4.78, 5) is 2.39. The molecule has 1 aromatic carbocycles. The molecule has 3 aliphatic rings. The Bertz CT molecular complexity index is 636. The lowest BCUT2D eigenvalue weighted by molar-refractivity contribution is -0.103. The maximum absolute atomic E-state index is 14.4. The van der Waals surface area contributed by atoms with Crippen LogP contribution in [0.15, 0.2) is 18.2 Å². The normalized spacial score (nSPS) is 31.8. The molecule has 3 atom stereocenters. The van der Waals surface area contributed by atoms with Gasteiger partial charge in [0.05, 0.1) is 18.8 Å². The van der Waals surface area contributed by atoms with Crippen molar-refractivity contribution < 1.29 is 18.6 Å². The van der Waals surface area contributed by atoms with Crippen molar-refractivity contribution in [1.82, 2.24) is 4.90 Å². The van der Waals surface area contributed by atoms with E-state index in [1.165, 1.54) is 18.9 Å². The summed E-state index contributed by atoms with van der Waals surface area (Å²) < 4.78 is 31.7. The number of hydrogen-bond donors (Lipinski definition) is 0. The molecule has 1 aromatic rings. The minimum atomic E-state index is -0.198. The van der Waals surface area contributed by atoms with Gasteiger partial charge in [0.25, 0.3) is 0 Å². The number of fused-ring (bicyclic) bond motifs is 1. The first-order chi connectivity index (χ1) is 12.6. The lowest BCUT2D eigenvalue weighted by Gasteiger charge is -2.43. The highest BCUT2D eigenvalue weighted by Gasteiger charge is 2.51. The first kappa shape index (κ1) is 18.2. The van der Waals surface area contributed by atoms with E-state index in [-0.39, 0.29) is 11.4 Å². The molecule has 0 radical (unpaired) electrons. The Hall–Kier alpha value is -1.17. The number of halogens is 1. The molecule has 4 nitrogen and oxygen atoms in total. The van der Waals surface area contributed by atoms with Gasteiger partial charge >= 0.3 is 0 Å². The summed E-state index contributed by atoms with van der Waals surface area (Å²) in [6.07, 6.45) is 7.05. The zero-order chi connectivity index (χ0) is 18.1. The lowest BCUT2D eigenvalue weighted by Crippen LogP contribution is -2.51. The van der Waals surface area contributed by atoms with Gasteiger partial charge in [-0.2, -0.15) is 0 Å². The molecule has 1 aliphatic heterocycles. The zero-order valence-electron chi connectivity index (χ0n) is 15.9. The van der Waals surface area contributed by atoms with E-state index in [1.54, 1.807) is 7.11 Å². The van der Waals surface area contributed by atoms with Gasteiger partial charge in [0.2, 0.25) is 0 Å². The van der Waals surface area contributed by atoms with Gasteiger partial charge in [0.1, 0.15) is 11.6 Å². The number of nitrogens with zero attached hydrogens (tertiary/aromatic N) is 1. The SMILES string of the molecule is COc1ccc(CN2CC[C@]3(OC)CC[C@H](OCC4CC4)C[C@H]23)c(F)c1. The van der Waals surface area contributed by atoms with Crippen LogP contribution < -0.4 is 4.74 Å². The molecule has 0 aromatic heterocycles. The van der Waals surface area contributed by atoms with Crippen LogP contribution in [-0.4, -0.2) is 50.0 Å². The molecule has 0 N–H and O–H groups in total.